The van der Waals surface area contributed by atoms with E-state index >= 15 is 0 Å². The van der Waals surface area contributed by atoms with Crippen molar-refractivity contribution >= 4 is 21.7 Å². The lowest BCUT2D eigenvalue weighted by atomic mass is 10.0. The van der Waals surface area contributed by atoms with Gasteiger partial charge in [-0.3, -0.25) is 14.9 Å². The molecule has 0 bridgehead atoms. The molecule has 0 spiro atoms. The Morgan fingerprint density at radius 1 is 1.40 bits per heavy atom. The summed E-state index contributed by atoms with van der Waals surface area (Å²) in [5, 5.41) is 19.5. The number of rotatable bonds is 5. The minimum absolute atomic E-state index is 0.0850. The van der Waals surface area contributed by atoms with Gasteiger partial charge in [-0.05, 0) is 0 Å². The summed E-state index contributed by atoms with van der Waals surface area (Å²) in [5.41, 5.74) is -0.164. The topological polar surface area (TPSA) is 118 Å². The Labute approximate surface area is 114 Å². The lowest BCUT2D eigenvalue weighted by Crippen LogP contribution is -2.53. The number of carbonyl (C=O) groups is 1. The first kappa shape index (κ1) is 14.4. The van der Waals surface area contributed by atoms with Gasteiger partial charge in [0.1, 0.15) is 0 Å². The van der Waals surface area contributed by atoms with Gasteiger partial charge in [0.25, 0.3) is 5.69 Å². The fourth-order valence-corrected chi connectivity index (χ4v) is 3.55. The van der Waals surface area contributed by atoms with Crippen LogP contribution in [0, 0.1) is 16.0 Å². The number of para-hydroxylation sites is 1. The summed E-state index contributed by atoms with van der Waals surface area (Å²) in [4.78, 5) is 20.8. The molecule has 0 unspecified atom stereocenters. The van der Waals surface area contributed by atoms with Crippen LogP contribution >= 0.6 is 0 Å². The van der Waals surface area contributed by atoms with Crippen molar-refractivity contribution in [3.05, 3.63) is 39.9 Å². The Kier molecular flexibility index (Phi) is 3.73. The van der Waals surface area contributed by atoms with Crippen LogP contribution in [0.25, 0.3) is 0 Å². The summed E-state index contributed by atoms with van der Waals surface area (Å²) in [5.74, 6) is -2.24. The first-order chi connectivity index (χ1) is 9.31. The highest BCUT2D eigenvalue weighted by Crippen LogP contribution is 2.26. The molecular formula is C11H12N2O6S. The molecule has 2 rings (SSSR count). The molecule has 0 atom stereocenters. The molecule has 1 saturated heterocycles. The molecule has 1 aromatic carbocycles. The second-order valence-electron chi connectivity index (χ2n) is 4.49. The normalized spacial score (nSPS) is 16.6. The second kappa shape index (κ2) is 5.17. The van der Waals surface area contributed by atoms with Crippen LogP contribution in [0.2, 0.25) is 0 Å². The molecule has 1 fully saturated rings. The van der Waals surface area contributed by atoms with Crippen LogP contribution in [0.1, 0.15) is 5.56 Å². The summed E-state index contributed by atoms with van der Waals surface area (Å²) in [6.45, 7) is -0.170. The van der Waals surface area contributed by atoms with E-state index in [0.717, 1.165) is 4.31 Å². The molecule has 0 radical (unpaired) electrons. The van der Waals surface area contributed by atoms with Crippen LogP contribution < -0.4 is 0 Å². The van der Waals surface area contributed by atoms with Crippen LogP contribution in [0.4, 0.5) is 5.69 Å². The fraction of sp³-hybridized carbons (Fsp3) is 0.364. The predicted octanol–water partition coefficient (Wildman–Crippen LogP) is 0.441. The molecule has 0 aliphatic carbocycles. The van der Waals surface area contributed by atoms with Crippen molar-refractivity contribution in [1.82, 2.24) is 4.31 Å². The van der Waals surface area contributed by atoms with Crippen LogP contribution in [-0.2, 0) is 20.6 Å². The van der Waals surface area contributed by atoms with Gasteiger partial charge in [0.15, 0.2) is 0 Å². The molecule has 108 valence electrons. The van der Waals surface area contributed by atoms with E-state index in [1.165, 1.54) is 24.3 Å². The second-order valence-corrected chi connectivity index (χ2v) is 6.46. The van der Waals surface area contributed by atoms with Gasteiger partial charge in [-0.15, -0.1) is 0 Å². The van der Waals surface area contributed by atoms with Crippen molar-refractivity contribution in [3.8, 4) is 0 Å². The molecule has 1 aliphatic rings. The van der Waals surface area contributed by atoms with Gasteiger partial charge in [-0.2, -0.15) is 4.31 Å². The maximum absolute atomic E-state index is 12.0. The number of nitro benzene ring substituents is 1. The molecule has 0 aromatic heterocycles. The van der Waals surface area contributed by atoms with E-state index in [1.807, 2.05) is 0 Å². The molecule has 8 nitrogen and oxygen atoms in total. The van der Waals surface area contributed by atoms with Crippen LogP contribution in [0.5, 0.6) is 0 Å². The Hall–Kier alpha value is -2.00. The average molecular weight is 300 g/mol. The number of hydrogen-bond donors (Lipinski definition) is 1. The number of hydrogen-bond acceptors (Lipinski definition) is 5. The Bertz CT molecular complexity index is 651. The third-order valence-electron chi connectivity index (χ3n) is 3.12. The largest absolute Gasteiger partial charge is 0.481 e. The van der Waals surface area contributed by atoms with Gasteiger partial charge in [0, 0.05) is 24.7 Å². The third kappa shape index (κ3) is 2.78. The lowest BCUT2D eigenvalue weighted by molar-refractivity contribution is -0.385. The van der Waals surface area contributed by atoms with Crippen molar-refractivity contribution in [2.75, 3.05) is 13.1 Å². The minimum atomic E-state index is -3.73. The number of sulfonamides is 1. The number of nitrogens with zero attached hydrogens (tertiary/aromatic N) is 2. The highest BCUT2D eigenvalue weighted by atomic mass is 32.2. The molecule has 1 heterocycles. The van der Waals surface area contributed by atoms with Gasteiger partial charge in [0.2, 0.25) is 10.0 Å². The van der Waals surface area contributed by atoms with Gasteiger partial charge in [-0.25, -0.2) is 8.42 Å². The number of benzene rings is 1. The molecule has 20 heavy (non-hydrogen) atoms. The van der Waals surface area contributed by atoms with E-state index in [4.69, 9.17) is 5.11 Å². The summed E-state index contributed by atoms with van der Waals surface area (Å²) >= 11 is 0. The van der Waals surface area contributed by atoms with Crippen molar-refractivity contribution in [1.29, 1.82) is 0 Å². The quantitative estimate of drug-likeness (QED) is 0.622. The molecule has 0 amide bonds. The van der Waals surface area contributed by atoms with Gasteiger partial charge in [0.05, 0.1) is 16.6 Å². The molecule has 1 N–H and O–H groups in total. The summed E-state index contributed by atoms with van der Waals surface area (Å²) in [6.07, 6.45) is 0. The monoisotopic (exact) mass is 300 g/mol. The van der Waals surface area contributed by atoms with Crippen molar-refractivity contribution in [3.63, 3.8) is 0 Å². The first-order valence-electron chi connectivity index (χ1n) is 5.74. The zero-order valence-electron chi connectivity index (χ0n) is 10.3. The van der Waals surface area contributed by atoms with E-state index in [9.17, 15) is 23.3 Å². The third-order valence-corrected chi connectivity index (χ3v) is 4.88. The van der Waals surface area contributed by atoms with Crippen LogP contribution in [-0.4, -0.2) is 41.8 Å². The Morgan fingerprint density at radius 2 is 2.00 bits per heavy atom. The number of nitro groups is 1. The van der Waals surface area contributed by atoms with Crippen LogP contribution in [0.3, 0.4) is 0 Å². The van der Waals surface area contributed by atoms with Gasteiger partial charge < -0.3 is 5.11 Å². The zero-order valence-corrected chi connectivity index (χ0v) is 11.1. The van der Waals surface area contributed by atoms with E-state index in [2.05, 4.69) is 0 Å². The van der Waals surface area contributed by atoms with E-state index in [-0.39, 0.29) is 24.3 Å². The summed E-state index contributed by atoms with van der Waals surface area (Å²) in [7, 11) is -3.73. The standard InChI is InChI=1S/C11H12N2O6S/c14-11(15)9-5-12(6-9)20(18,19)7-8-3-1-2-4-10(8)13(16)17/h1-4,9H,5-7H2,(H,14,15). The predicted molar refractivity (Wildman–Crippen MR) is 68.4 cm³/mol. The molecule has 9 heteroatoms. The fourth-order valence-electron chi connectivity index (χ4n) is 1.92. The number of carboxylic acid groups (broad SMARTS) is 1. The maximum Gasteiger partial charge on any atom is 0.309 e. The van der Waals surface area contributed by atoms with Crippen molar-refractivity contribution in [2.24, 2.45) is 5.92 Å². The molecule has 0 saturated carbocycles. The molecular weight excluding hydrogens is 288 g/mol. The van der Waals surface area contributed by atoms with Gasteiger partial charge >= 0.3 is 5.97 Å². The average Bonchev–Trinajstić information content (AvgIpc) is 2.25. The molecule has 1 aromatic rings. The summed E-state index contributed by atoms with van der Waals surface area (Å²) in [6, 6.07) is 5.59. The SMILES string of the molecule is O=C(O)C1CN(S(=O)(=O)Cc2ccccc2[N+](=O)[O-])C1. The smallest absolute Gasteiger partial charge is 0.309 e. The lowest BCUT2D eigenvalue weighted by Gasteiger charge is -2.35. The minimum Gasteiger partial charge on any atom is -0.481 e. The Morgan fingerprint density at radius 3 is 2.55 bits per heavy atom. The zero-order chi connectivity index (χ0) is 14.9. The van der Waals surface area contributed by atoms with Gasteiger partial charge in [-0.1, -0.05) is 18.2 Å². The number of aliphatic carboxylic acids is 1. The molecule has 1 aliphatic heterocycles. The van der Waals surface area contributed by atoms with E-state index in [0.29, 0.717) is 0 Å². The van der Waals surface area contributed by atoms with Crippen molar-refractivity contribution < 1.29 is 23.2 Å². The number of carboxylic acids is 1. The highest BCUT2D eigenvalue weighted by Gasteiger charge is 2.40. The van der Waals surface area contributed by atoms with Crippen LogP contribution in [0.15, 0.2) is 24.3 Å². The highest BCUT2D eigenvalue weighted by molar-refractivity contribution is 7.88. The van der Waals surface area contributed by atoms with E-state index < -0.39 is 32.6 Å². The summed E-state index contributed by atoms with van der Waals surface area (Å²) < 4.78 is 25.1. The Balaban J connectivity index is 2.14. The van der Waals surface area contributed by atoms with E-state index in [1.54, 1.807) is 0 Å². The maximum atomic E-state index is 12.0. The van der Waals surface area contributed by atoms with Crippen molar-refractivity contribution in [2.45, 2.75) is 5.75 Å². The first-order valence-corrected chi connectivity index (χ1v) is 7.35.